The van der Waals surface area contributed by atoms with E-state index in [4.69, 9.17) is 16.3 Å². The Kier molecular flexibility index (Phi) is 3.72. The molecule has 0 aliphatic rings. The molecule has 0 N–H and O–H groups in total. The lowest BCUT2D eigenvalue weighted by atomic mass is 10.3. The molecule has 0 radical (unpaired) electrons. The van der Waals surface area contributed by atoms with Gasteiger partial charge in [-0.3, -0.25) is 0 Å². The summed E-state index contributed by atoms with van der Waals surface area (Å²) >= 11 is 5.78. The van der Waals surface area contributed by atoms with Crippen LogP contribution in [0.4, 0.5) is 8.78 Å². The van der Waals surface area contributed by atoms with Crippen molar-refractivity contribution in [3.05, 3.63) is 46.9 Å². The molecule has 0 aliphatic heterocycles. The maximum absolute atomic E-state index is 13.4. The van der Waals surface area contributed by atoms with E-state index in [9.17, 15) is 8.78 Å². The number of halogens is 3. The molecule has 0 unspecified atom stereocenters. The highest BCUT2D eigenvalue weighted by atomic mass is 35.5. The van der Waals surface area contributed by atoms with Gasteiger partial charge in [0, 0.05) is 18.6 Å². The monoisotopic (exact) mass is 270 g/mol. The summed E-state index contributed by atoms with van der Waals surface area (Å²) in [6.07, 6.45) is 0.572. The van der Waals surface area contributed by atoms with E-state index in [0.717, 1.165) is 12.1 Å². The largest absolute Gasteiger partial charge is 0.436 e. The zero-order valence-corrected chi connectivity index (χ0v) is 10.2. The highest BCUT2D eigenvalue weighted by molar-refractivity contribution is 6.29. The van der Waals surface area contributed by atoms with Gasteiger partial charge in [-0.15, -0.1) is 0 Å². The van der Waals surface area contributed by atoms with Gasteiger partial charge in [0.15, 0.2) is 11.6 Å². The summed E-state index contributed by atoms with van der Waals surface area (Å²) in [5.74, 6) is -0.983. The number of hydrogen-bond donors (Lipinski definition) is 0. The standard InChI is InChI=1S/C12H9ClF2N2O/c1-2-11-16-10(13)6-12(17-11)18-9-4-3-7(14)5-8(9)15/h3-6H,2H2,1H3. The van der Waals surface area contributed by atoms with E-state index >= 15 is 0 Å². The van der Waals surface area contributed by atoms with Crippen molar-refractivity contribution in [1.29, 1.82) is 0 Å². The van der Waals surface area contributed by atoms with Crippen molar-refractivity contribution >= 4 is 11.6 Å². The number of nitrogens with zero attached hydrogens (tertiary/aromatic N) is 2. The Morgan fingerprint density at radius 2 is 2.00 bits per heavy atom. The highest BCUT2D eigenvalue weighted by Gasteiger charge is 2.09. The van der Waals surface area contributed by atoms with Crippen molar-refractivity contribution in [1.82, 2.24) is 9.97 Å². The molecule has 0 atom stereocenters. The summed E-state index contributed by atoms with van der Waals surface area (Å²) in [5.41, 5.74) is 0. The second-order valence-electron chi connectivity index (χ2n) is 3.48. The van der Waals surface area contributed by atoms with Crippen LogP contribution >= 0.6 is 11.6 Å². The molecule has 0 bridgehead atoms. The fraction of sp³-hybridized carbons (Fsp3) is 0.167. The molecule has 0 amide bonds. The normalized spacial score (nSPS) is 10.4. The van der Waals surface area contributed by atoms with Crippen LogP contribution in [-0.2, 0) is 6.42 Å². The van der Waals surface area contributed by atoms with E-state index < -0.39 is 11.6 Å². The second kappa shape index (κ2) is 5.27. The van der Waals surface area contributed by atoms with Gasteiger partial charge in [-0.25, -0.2) is 13.8 Å². The smallest absolute Gasteiger partial charge is 0.224 e. The van der Waals surface area contributed by atoms with Crippen molar-refractivity contribution in [3.63, 3.8) is 0 Å². The Morgan fingerprint density at radius 3 is 2.67 bits per heavy atom. The van der Waals surface area contributed by atoms with Gasteiger partial charge in [-0.1, -0.05) is 18.5 Å². The van der Waals surface area contributed by atoms with E-state index in [1.54, 1.807) is 0 Å². The summed E-state index contributed by atoms with van der Waals surface area (Å²) in [4.78, 5) is 7.98. The van der Waals surface area contributed by atoms with Crippen molar-refractivity contribution < 1.29 is 13.5 Å². The zero-order valence-electron chi connectivity index (χ0n) is 9.45. The average Bonchev–Trinajstić information content (AvgIpc) is 2.32. The molecular formula is C12H9ClF2N2O. The van der Waals surface area contributed by atoms with E-state index in [1.807, 2.05) is 6.92 Å². The fourth-order valence-corrected chi connectivity index (χ4v) is 1.51. The topological polar surface area (TPSA) is 35.0 Å². The van der Waals surface area contributed by atoms with Gasteiger partial charge in [0.1, 0.15) is 16.8 Å². The maximum atomic E-state index is 13.4. The number of benzene rings is 1. The van der Waals surface area contributed by atoms with E-state index in [2.05, 4.69) is 9.97 Å². The maximum Gasteiger partial charge on any atom is 0.224 e. The SMILES string of the molecule is CCc1nc(Cl)cc(Oc2ccc(F)cc2F)n1. The molecule has 1 aromatic heterocycles. The Balaban J connectivity index is 2.30. The van der Waals surface area contributed by atoms with Crippen LogP contribution in [0.3, 0.4) is 0 Å². The van der Waals surface area contributed by atoms with Crippen molar-refractivity contribution in [2.75, 3.05) is 0 Å². The summed E-state index contributed by atoms with van der Waals surface area (Å²) in [6.45, 7) is 1.86. The third-order valence-electron chi connectivity index (χ3n) is 2.14. The van der Waals surface area contributed by atoms with Gasteiger partial charge < -0.3 is 4.74 Å². The summed E-state index contributed by atoms with van der Waals surface area (Å²) in [6, 6.07) is 4.39. The van der Waals surface area contributed by atoms with Gasteiger partial charge in [0.2, 0.25) is 5.88 Å². The molecule has 6 heteroatoms. The first-order valence-corrected chi connectivity index (χ1v) is 5.62. The van der Waals surface area contributed by atoms with Crippen molar-refractivity contribution in [2.24, 2.45) is 0 Å². The second-order valence-corrected chi connectivity index (χ2v) is 3.86. The van der Waals surface area contributed by atoms with Crippen LogP contribution in [0.15, 0.2) is 24.3 Å². The van der Waals surface area contributed by atoms with Crippen LogP contribution in [0.25, 0.3) is 0 Å². The van der Waals surface area contributed by atoms with Crippen LogP contribution in [0.2, 0.25) is 5.15 Å². The number of rotatable bonds is 3. The quantitative estimate of drug-likeness (QED) is 0.797. The van der Waals surface area contributed by atoms with Gasteiger partial charge in [0.05, 0.1) is 0 Å². The van der Waals surface area contributed by atoms with Gasteiger partial charge >= 0.3 is 0 Å². The Labute approximate surface area is 107 Å². The summed E-state index contributed by atoms with van der Waals surface area (Å²) in [5, 5.41) is 0.208. The molecule has 2 aromatic rings. The molecule has 0 saturated carbocycles. The molecular weight excluding hydrogens is 262 g/mol. The lowest BCUT2D eigenvalue weighted by Crippen LogP contribution is -1.97. The highest BCUT2D eigenvalue weighted by Crippen LogP contribution is 2.25. The van der Waals surface area contributed by atoms with Crippen molar-refractivity contribution in [3.8, 4) is 11.6 Å². The fourth-order valence-electron chi connectivity index (χ4n) is 1.32. The van der Waals surface area contributed by atoms with Crippen LogP contribution < -0.4 is 4.74 Å². The molecule has 0 spiro atoms. The lowest BCUT2D eigenvalue weighted by molar-refractivity contribution is 0.421. The van der Waals surface area contributed by atoms with Crippen molar-refractivity contribution in [2.45, 2.75) is 13.3 Å². The molecule has 94 valence electrons. The Bertz CT molecular complexity index is 578. The van der Waals surface area contributed by atoms with Crippen LogP contribution in [-0.4, -0.2) is 9.97 Å². The van der Waals surface area contributed by atoms with Crippen LogP contribution in [0.5, 0.6) is 11.6 Å². The first kappa shape index (κ1) is 12.7. The average molecular weight is 271 g/mol. The van der Waals surface area contributed by atoms with Gasteiger partial charge in [-0.05, 0) is 12.1 Å². The number of hydrogen-bond acceptors (Lipinski definition) is 3. The third-order valence-corrected chi connectivity index (χ3v) is 2.34. The molecule has 0 fully saturated rings. The predicted molar refractivity (Wildman–Crippen MR) is 62.9 cm³/mol. The van der Waals surface area contributed by atoms with Gasteiger partial charge in [-0.2, -0.15) is 4.98 Å². The molecule has 2 rings (SSSR count). The minimum atomic E-state index is -0.803. The van der Waals surface area contributed by atoms with E-state index in [0.29, 0.717) is 12.2 Å². The first-order valence-electron chi connectivity index (χ1n) is 5.25. The third kappa shape index (κ3) is 2.92. The van der Waals surface area contributed by atoms with Crippen LogP contribution in [0.1, 0.15) is 12.7 Å². The van der Waals surface area contributed by atoms with Gasteiger partial charge in [0.25, 0.3) is 0 Å². The van der Waals surface area contributed by atoms with E-state index in [-0.39, 0.29) is 16.8 Å². The van der Waals surface area contributed by atoms with E-state index in [1.165, 1.54) is 12.1 Å². The predicted octanol–water partition coefficient (Wildman–Crippen LogP) is 3.76. The molecule has 18 heavy (non-hydrogen) atoms. The molecule has 3 nitrogen and oxygen atoms in total. The lowest BCUT2D eigenvalue weighted by Gasteiger charge is -2.07. The molecule has 1 heterocycles. The van der Waals surface area contributed by atoms with Crippen LogP contribution in [0, 0.1) is 11.6 Å². The minimum absolute atomic E-state index is 0.117. The number of aryl methyl sites for hydroxylation is 1. The minimum Gasteiger partial charge on any atom is -0.436 e. The number of ether oxygens (including phenoxy) is 1. The Morgan fingerprint density at radius 1 is 1.22 bits per heavy atom. The first-order chi connectivity index (χ1) is 8.58. The number of aromatic nitrogens is 2. The molecule has 0 aliphatic carbocycles. The Hall–Kier alpha value is -1.75. The summed E-state index contributed by atoms with van der Waals surface area (Å²) < 4.78 is 31.3. The molecule has 0 saturated heterocycles. The molecule has 1 aromatic carbocycles. The zero-order chi connectivity index (χ0) is 13.1. The summed E-state index contributed by atoms with van der Waals surface area (Å²) in [7, 11) is 0.